The van der Waals surface area contributed by atoms with E-state index in [0.29, 0.717) is 11.4 Å². The number of halogens is 4. The SMILES string of the molecule is Nc1ccccc1NC(=O)c1cc2cc(OC(F)F)c(OC(F)F)cc2o1. The van der Waals surface area contributed by atoms with Crippen molar-refractivity contribution in [3.8, 4) is 11.5 Å². The number of amides is 1. The number of nitrogens with one attached hydrogen (secondary N) is 1. The second kappa shape index (κ2) is 7.44. The first-order valence-corrected chi connectivity index (χ1v) is 7.46. The van der Waals surface area contributed by atoms with Crippen LogP contribution in [0.15, 0.2) is 46.9 Å². The number of alkyl halides is 4. The zero-order valence-electron chi connectivity index (χ0n) is 13.4. The van der Waals surface area contributed by atoms with E-state index in [9.17, 15) is 22.4 Å². The van der Waals surface area contributed by atoms with Crippen LogP contribution in [0.25, 0.3) is 11.0 Å². The number of carbonyl (C=O) groups excluding carboxylic acids is 1. The van der Waals surface area contributed by atoms with E-state index in [1.165, 1.54) is 6.07 Å². The van der Waals surface area contributed by atoms with Gasteiger partial charge in [-0.2, -0.15) is 17.6 Å². The van der Waals surface area contributed by atoms with Gasteiger partial charge in [-0.3, -0.25) is 4.79 Å². The lowest BCUT2D eigenvalue weighted by molar-refractivity contribution is -0.0691. The minimum atomic E-state index is -3.26. The van der Waals surface area contributed by atoms with E-state index in [4.69, 9.17) is 10.2 Å². The van der Waals surface area contributed by atoms with Crippen molar-refractivity contribution < 1.29 is 36.2 Å². The third kappa shape index (κ3) is 4.22. The van der Waals surface area contributed by atoms with Gasteiger partial charge < -0.3 is 24.9 Å². The molecule has 0 saturated heterocycles. The summed E-state index contributed by atoms with van der Waals surface area (Å²) in [5, 5.41) is 2.70. The van der Waals surface area contributed by atoms with Crippen LogP contribution in [0.5, 0.6) is 11.5 Å². The Morgan fingerprint density at radius 3 is 2.26 bits per heavy atom. The van der Waals surface area contributed by atoms with E-state index in [1.807, 2.05) is 0 Å². The average molecular weight is 384 g/mol. The maximum atomic E-state index is 12.5. The minimum absolute atomic E-state index is 0.0292. The lowest BCUT2D eigenvalue weighted by Gasteiger charge is -2.11. The smallest absolute Gasteiger partial charge is 0.387 e. The number of furan rings is 1. The van der Waals surface area contributed by atoms with Crippen LogP contribution in [0.2, 0.25) is 0 Å². The van der Waals surface area contributed by atoms with Crippen LogP contribution < -0.4 is 20.5 Å². The number of benzene rings is 2. The number of hydrogen-bond acceptors (Lipinski definition) is 5. The molecule has 0 aliphatic heterocycles. The Bertz CT molecular complexity index is 928. The number of nitrogen functional groups attached to an aromatic ring is 1. The molecule has 27 heavy (non-hydrogen) atoms. The predicted octanol–water partition coefficient (Wildman–Crippen LogP) is 4.47. The van der Waals surface area contributed by atoms with Gasteiger partial charge in [0.2, 0.25) is 0 Å². The van der Waals surface area contributed by atoms with Gasteiger partial charge in [0.1, 0.15) is 5.58 Å². The Labute approximate surface area is 149 Å². The number of carbonyl (C=O) groups is 1. The molecule has 0 bridgehead atoms. The first kappa shape index (κ1) is 18.4. The molecule has 0 aliphatic carbocycles. The molecule has 0 atom stereocenters. The highest BCUT2D eigenvalue weighted by Crippen LogP contribution is 2.36. The summed E-state index contributed by atoms with van der Waals surface area (Å²) >= 11 is 0. The summed E-state index contributed by atoms with van der Waals surface area (Å²) in [6.45, 7) is -6.51. The van der Waals surface area contributed by atoms with Crippen molar-refractivity contribution >= 4 is 28.3 Å². The molecule has 0 radical (unpaired) electrons. The predicted molar refractivity (Wildman–Crippen MR) is 88.3 cm³/mol. The third-order valence-electron chi connectivity index (χ3n) is 3.45. The summed E-state index contributed by atoms with van der Waals surface area (Å²) in [4.78, 5) is 12.3. The summed E-state index contributed by atoms with van der Waals surface area (Å²) in [7, 11) is 0. The molecule has 0 aliphatic rings. The van der Waals surface area contributed by atoms with Crippen LogP contribution in [0, 0.1) is 0 Å². The first-order chi connectivity index (χ1) is 12.8. The monoisotopic (exact) mass is 384 g/mol. The van der Waals surface area contributed by atoms with Crippen LogP contribution in [0.1, 0.15) is 10.6 Å². The highest BCUT2D eigenvalue weighted by molar-refractivity contribution is 6.06. The summed E-state index contributed by atoms with van der Waals surface area (Å²) in [6.07, 6.45) is 0. The van der Waals surface area contributed by atoms with Crippen molar-refractivity contribution in [1.29, 1.82) is 0 Å². The first-order valence-electron chi connectivity index (χ1n) is 7.46. The number of nitrogens with two attached hydrogens (primary N) is 1. The molecular weight excluding hydrogens is 372 g/mol. The fourth-order valence-electron chi connectivity index (χ4n) is 2.33. The molecule has 0 fully saturated rings. The molecule has 1 amide bonds. The van der Waals surface area contributed by atoms with Crippen LogP contribution in [-0.4, -0.2) is 19.1 Å². The lowest BCUT2D eigenvalue weighted by Crippen LogP contribution is -2.12. The molecule has 2 aromatic carbocycles. The Balaban J connectivity index is 1.94. The van der Waals surface area contributed by atoms with Gasteiger partial charge in [0.05, 0.1) is 11.4 Å². The number of ether oxygens (including phenoxy) is 2. The molecule has 0 spiro atoms. The van der Waals surface area contributed by atoms with Gasteiger partial charge in [0.25, 0.3) is 5.91 Å². The van der Waals surface area contributed by atoms with E-state index in [1.54, 1.807) is 24.3 Å². The molecule has 0 unspecified atom stereocenters. The number of fused-ring (bicyclic) bond motifs is 1. The van der Waals surface area contributed by atoms with Crippen LogP contribution in [0.3, 0.4) is 0 Å². The number of para-hydroxylation sites is 2. The zero-order chi connectivity index (χ0) is 19.6. The number of rotatable bonds is 6. The van der Waals surface area contributed by atoms with E-state index < -0.39 is 30.6 Å². The second-order valence-corrected chi connectivity index (χ2v) is 5.25. The van der Waals surface area contributed by atoms with Gasteiger partial charge in [-0.25, -0.2) is 0 Å². The zero-order valence-corrected chi connectivity index (χ0v) is 13.4. The standard InChI is InChI=1S/C17H12F4N2O4/c18-16(19)26-12-5-8-6-14(25-11(8)7-13(12)27-17(20)21)15(24)23-10-4-2-1-3-9(10)22/h1-7,16-17H,22H2,(H,23,24). The van der Waals surface area contributed by atoms with Crippen LogP contribution in [-0.2, 0) is 0 Å². The molecule has 3 aromatic rings. The van der Waals surface area contributed by atoms with Gasteiger partial charge in [0.15, 0.2) is 17.3 Å². The average Bonchev–Trinajstić information content (AvgIpc) is 2.99. The molecule has 10 heteroatoms. The molecule has 3 rings (SSSR count). The van der Waals surface area contributed by atoms with E-state index in [-0.39, 0.29) is 16.7 Å². The molecule has 0 saturated carbocycles. The van der Waals surface area contributed by atoms with Crippen molar-refractivity contribution in [2.45, 2.75) is 13.2 Å². The lowest BCUT2D eigenvalue weighted by atomic mass is 10.2. The van der Waals surface area contributed by atoms with E-state index >= 15 is 0 Å². The Hall–Kier alpha value is -3.43. The summed E-state index contributed by atoms with van der Waals surface area (Å²) in [6, 6.07) is 9.68. The van der Waals surface area contributed by atoms with Gasteiger partial charge >= 0.3 is 13.2 Å². The molecule has 3 N–H and O–H groups in total. The molecular formula is C17H12F4N2O4. The molecule has 142 valence electrons. The van der Waals surface area contributed by atoms with Gasteiger partial charge in [-0.05, 0) is 24.3 Å². The Morgan fingerprint density at radius 2 is 1.63 bits per heavy atom. The van der Waals surface area contributed by atoms with Crippen molar-refractivity contribution in [3.63, 3.8) is 0 Å². The van der Waals surface area contributed by atoms with Gasteiger partial charge in [0, 0.05) is 11.5 Å². The number of anilines is 2. The van der Waals surface area contributed by atoms with E-state index in [0.717, 1.165) is 12.1 Å². The summed E-state index contributed by atoms with van der Waals surface area (Å²) < 4.78 is 63.6. The Morgan fingerprint density at radius 1 is 1.00 bits per heavy atom. The van der Waals surface area contributed by atoms with Gasteiger partial charge in [-0.15, -0.1) is 0 Å². The highest BCUT2D eigenvalue weighted by Gasteiger charge is 2.20. The quantitative estimate of drug-likeness (QED) is 0.484. The van der Waals surface area contributed by atoms with Crippen molar-refractivity contribution in [1.82, 2.24) is 0 Å². The summed E-state index contributed by atoms with van der Waals surface area (Å²) in [5.74, 6) is -2.12. The highest BCUT2D eigenvalue weighted by atomic mass is 19.3. The normalized spacial score (nSPS) is 11.2. The topological polar surface area (TPSA) is 86.7 Å². The van der Waals surface area contributed by atoms with Crippen LogP contribution in [0.4, 0.5) is 28.9 Å². The maximum absolute atomic E-state index is 12.5. The third-order valence-corrected chi connectivity index (χ3v) is 3.45. The van der Waals surface area contributed by atoms with Gasteiger partial charge in [-0.1, -0.05) is 12.1 Å². The van der Waals surface area contributed by atoms with Crippen molar-refractivity contribution in [2.75, 3.05) is 11.1 Å². The molecule has 1 heterocycles. The second-order valence-electron chi connectivity index (χ2n) is 5.25. The van der Waals surface area contributed by atoms with E-state index in [2.05, 4.69) is 14.8 Å². The van der Waals surface area contributed by atoms with Crippen molar-refractivity contribution in [2.24, 2.45) is 0 Å². The fraction of sp³-hybridized carbons (Fsp3) is 0.118. The number of hydrogen-bond donors (Lipinski definition) is 2. The molecule has 6 nitrogen and oxygen atoms in total. The minimum Gasteiger partial charge on any atom is -0.451 e. The van der Waals surface area contributed by atoms with Crippen molar-refractivity contribution in [3.05, 3.63) is 48.2 Å². The largest absolute Gasteiger partial charge is 0.451 e. The Kier molecular flexibility index (Phi) is 5.06. The summed E-state index contributed by atoms with van der Waals surface area (Å²) in [5.41, 5.74) is 6.37. The fourth-order valence-corrected chi connectivity index (χ4v) is 2.33. The molecule has 1 aromatic heterocycles. The maximum Gasteiger partial charge on any atom is 0.387 e. The van der Waals surface area contributed by atoms with Crippen LogP contribution >= 0.6 is 0 Å².